The Morgan fingerprint density at radius 1 is 1.05 bits per heavy atom. The van der Waals surface area contributed by atoms with Gasteiger partial charge in [-0.1, -0.05) is 71.5 Å². The summed E-state index contributed by atoms with van der Waals surface area (Å²) in [5.41, 5.74) is 3.33. The molecule has 42 heavy (non-hydrogen) atoms. The first-order valence-corrected chi connectivity index (χ1v) is 14.5. The number of hydrogen-bond donors (Lipinski definition) is 0. The molecule has 0 aliphatic carbocycles. The molecule has 10 heteroatoms. The summed E-state index contributed by atoms with van der Waals surface area (Å²) in [7, 11) is 1.51. The van der Waals surface area contributed by atoms with E-state index in [2.05, 4.69) is 4.99 Å². The third-order valence-electron chi connectivity index (χ3n) is 7.31. The van der Waals surface area contributed by atoms with Gasteiger partial charge in [0, 0.05) is 16.1 Å². The van der Waals surface area contributed by atoms with Crippen LogP contribution in [0.25, 0.3) is 5.57 Å². The first kappa shape index (κ1) is 27.7. The fraction of sp³-hybridized carbons (Fsp3) is 0.188. The summed E-state index contributed by atoms with van der Waals surface area (Å²) in [6, 6.07) is 21.2. The second-order valence-corrected chi connectivity index (χ2v) is 11.2. The minimum Gasteiger partial charge on any atom is -0.496 e. The van der Waals surface area contributed by atoms with Crippen molar-refractivity contribution in [2.45, 2.75) is 26.4 Å². The molecule has 4 aromatic rings. The van der Waals surface area contributed by atoms with E-state index >= 15 is 0 Å². The zero-order valence-corrected chi connectivity index (χ0v) is 24.7. The number of anilines is 1. The Morgan fingerprint density at radius 3 is 2.52 bits per heavy atom. The molecule has 0 fully saturated rings. The van der Waals surface area contributed by atoms with Gasteiger partial charge in [0.1, 0.15) is 16.3 Å². The van der Waals surface area contributed by atoms with Crippen LogP contribution in [0.15, 0.2) is 93.9 Å². The lowest BCUT2D eigenvalue weighted by Crippen LogP contribution is -2.41. The lowest BCUT2D eigenvalue weighted by Gasteiger charge is -2.26. The summed E-state index contributed by atoms with van der Waals surface area (Å²) in [6.07, 6.45) is 0. The van der Waals surface area contributed by atoms with Crippen molar-refractivity contribution in [3.63, 3.8) is 0 Å². The van der Waals surface area contributed by atoms with Crippen LogP contribution in [0.1, 0.15) is 36.6 Å². The molecule has 212 valence electrons. The summed E-state index contributed by atoms with van der Waals surface area (Å²) in [4.78, 5) is 48.4. The van der Waals surface area contributed by atoms with Crippen molar-refractivity contribution >= 4 is 46.1 Å². The monoisotopic (exact) mass is 599 g/mol. The number of ether oxygens (including phenoxy) is 2. The third-order valence-corrected chi connectivity index (χ3v) is 8.60. The second kappa shape index (κ2) is 11.1. The number of halogens is 1. The van der Waals surface area contributed by atoms with E-state index in [0.29, 0.717) is 44.5 Å². The molecule has 3 heterocycles. The van der Waals surface area contributed by atoms with Gasteiger partial charge >= 0.3 is 5.97 Å². The normalized spacial score (nSPS) is 17.1. The molecule has 8 nitrogen and oxygen atoms in total. The van der Waals surface area contributed by atoms with Crippen molar-refractivity contribution < 1.29 is 19.1 Å². The smallest absolute Gasteiger partial charge is 0.338 e. The van der Waals surface area contributed by atoms with E-state index in [1.165, 1.54) is 11.7 Å². The molecule has 2 aliphatic heterocycles. The average molecular weight is 600 g/mol. The zero-order valence-electron chi connectivity index (χ0n) is 23.1. The number of thiazole rings is 1. The van der Waals surface area contributed by atoms with Crippen molar-refractivity contribution in [3.05, 3.63) is 125 Å². The number of hydrogen-bond acceptors (Lipinski definition) is 7. The molecule has 0 saturated carbocycles. The Hall–Kier alpha value is -4.47. The molecular formula is C32H26ClN3O5S. The highest BCUT2D eigenvalue weighted by molar-refractivity contribution is 7.07. The number of benzene rings is 3. The highest BCUT2D eigenvalue weighted by Crippen LogP contribution is 2.38. The van der Waals surface area contributed by atoms with Gasteiger partial charge in [-0.15, -0.1) is 0 Å². The molecule has 1 atom stereocenters. The van der Waals surface area contributed by atoms with Crippen LogP contribution in [-0.4, -0.2) is 30.2 Å². The highest BCUT2D eigenvalue weighted by atomic mass is 35.5. The Balaban J connectivity index is 1.61. The van der Waals surface area contributed by atoms with Crippen molar-refractivity contribution in [1.29, 1.82) is 0 Å². The first-order chi connectivity index (χ1) is 20.3. The van der Waals surface area contributed by atoms with E-state index in [9.17, 15) is 14.4 Å². The maximum atomic E-state index is 14.4. The Kier molecular flexibility index (Phi) is 7.30. The number of nitrogens with zero attached hydrogens (tertiary/aromatic N) is 3. The summed E-state index contributed by atoms with van der Waals surface area (Å²) >= 11 is 7.52. The molecule has 3 aromatic carbocycles. The summed E-state index contributed by atoms with van der Waals surface area (Å²) in [5, 5.41) is 0.407. The van der Waals surface area contributed by atoms with Gasteiger partial charge in [0.05, 0.1) is 42.8 Å². The Labute approximate surface area is 250 Å². The van der Waals surface area contributed by atoms with Gasteiger partial charge in [-0.3, -0.25) is 14.2 Å². The van der Waals surface area contributed by atoms with Crippen molar-refractivity contribution in [2.75, 3.05) is 18.6 Å². The van der Waals surface area contributed by atoms with Gasteiger partial charge in [-0.2, -0.15) is 0 Å². The van der Waals surface area contributed by atoms with Crippen LogP contribution >= 0.6 is 22.9 Å². The molecule has 0 N–H and O–H groups in total. The number of amides is 1. The number of para-hydroxylation sites is 1. The minimum atomic E-state index is -0.935. The SMILES string of the molecule is CCOC(=O)C1=C(C)N=c2s/c(=C3/C(=O)N(Cc4ccccc4)c4ccccc43)c(=O)n2[C@@H]1c1cc(Cl)ccc1OC. The minimum absolute atomic E-state index is 0.145. The zero-order chi connectivity index (χ0) is 29.5. The van der Waals surface area contributed by atoms with Gasteiger partial charge < -0.3 is 14.4 Å². The molecule has 0 radical (unpaired) electrons. The Bertz CT molecular complexity index is 1960. The third kappa shape index (κ3) is 4.55. The fourth-order valence-electron chi connectivity index (χ4n) is 5.48. The largest absolute Gasteiger partial charge is 0.496 e. The Morgan fingerprint density at radius 2 is 1.79 bits per heavy atom. The van der Waals surface area contributed by atoms with E-state index in [-0.39, 0.29) is 22.6 Å². The molecule has 0 unspecified atom stereocenters. The van der Waals surface area contributed by atoms with Crippen molar-refractivity contribution in [2.24, 2.45) is 4.99 Å². The van der Waals surface area contributed by atoms with Crippen LogP contribution in [0.3, 0.4) is 0 Å². The quantitative estimate of drug-likeness (QED) is 0.307. The van der Waals surface area contributed by atoms with Crippen LogP contribution in [0, 0.1) is 0 Å². The lowest BCUT2D eigenvalue weighted by molar-refractivity contribution is -0.139. The van der Waals surface area contributed by atoms with Gasteiger partial charge in [-0.05, 0) is 43.7 Å². The summed E-state index contributed by atoms with van der Waals surface area (Å²) in [6.45, 7) is 3.91. The molecule has 0 saturated heterocycles. The summed E-state index contributed by atoms with van der Waals surface area (Å²) in [5.74, 6) is -0.431. The van der Waals surface area contributed by atoms with Crippen molar-refractivity contribution in [1.82, 2.24) is 4.57 Å². The van der Waals surface area contributed by atoms with Crippen LogP contribution in [0.5, 0.6) is 5.75 Å². The van der Waals surface area contributed by atoms with Gasteiger partial charge in [-0.25, -0.2) is 9.79 Å². The van der Waals surface area contributed by atoms with E-state index in [1.807, 2.05) is 54.6 Å². The maximum Gasteiger partial charge on any atom is 0.338 e. The molecule has 1 amide bonds. The van der Waals surface area contributed by atoms with Crippen LogP contribution in [0.2, 0.25) is 5.02 Å². The molecule has 2 aliphatic rings. The predicted molar refractivity (Wildman–Crippen MR) is 161 cm³/mol. The molecule has 0 bridgehead atoms. The topological polar surface area (TPSA) is 90.2 Å². The van der Waals surface area contributed by atoms with Crippen LogP contribution in [-0.2, 0) is 20.9 Å². The first-order valence-electron chi connectivity index (χ1n) is 13.3. The number of carbonyl (C=O) groups excluding carboxylic acids is 2. The van der Waals surface area contributed by atoms with E-state index in [0.717, 1.165) is 22.6 Å². The fourth-order valence-corrected chi connectivity index (χ4v) is 6.79. The van der Waals surface area contributed by atoms with E-state index < -0.39 is 17.6 Å². The lowest BCUT2D eigenvalue weighted by atomic mass is 9.95. The molecule has 0 spiro atoms. The predicted octanol–water partition coefficient (Wildman–Crippen LogP) is 4.38. The number of methoxy groups -OCH3 is 1. The summed E-state index contributed by atoms with van der Waals surface area (Å²) < 4.78 is 12.7. The number of allylic oxidation sites excluding steroid dienone is 1. The van der Waals surface area contributed by atoms with Crippen LogP contribution < -0.4 is 24.5 Å². The number of carbonyl (C=O) groups is 2. The second-order valence-electron chi connectivity index (χ2n) is 9.78. The number of fused-ring (bicyclic) bond motifs is 2. The number of aromatic nitrogens is 1. The molecular weight excluding hydrogens is 574 g/mol. The van der Waals surface area contributed by atoms with E-state index in [1.54, 1.807) is 36.9 Å². The average Bonchev–Trinajstić information content (AvgIpc) is 3.45. The van der Waals surface area contributed by atoms with Crippen LogP contribution in [0.4, 0.5) is 5.69 Å². The van der Waals surface area contributed by atoms with Gasteiger partial charge in [0.15, 0.2) is 4.80 Å². The maximum absolute atomic E-state index is 14.4. The van der Waals surface area contributed by atoms with Gasteiger partial charge in [0.2, 0.25) is 0 Å². The number of rotatable bonds is 6. The van der Waals surface area contributed by atoms with Gasteiger partial charge in [0.25, 0.3) is 11.5 Å². The molecule has 1 aromatic heterocycles. The number of esters is 1. The van der Waals surface area contributed by atoms with Crippen molar-refractivity contribution in [3.8, 4) is 5.75 Å². The standard InChI is InChI=1S/C32H26ClN3O5S/c1-4-41-31(39)25-18(2)34-32-36(27(25)22-16-20(33)14-15-24(22)40-3)30(38)28(42-32)26-21-12-8-9-13-23(21)35(29(26)37)17-19-10-6-5-7-11-19/h5-16,27H,4,17H2,1-3H3/b28-26+/t27-/m1/s1. The van der Waals surface area contributed by atoms with E-state index in [4.69, 9.17) is 21.1 Å². The highest BCUT2D eigenvalue weighted by Gasteiger charge is 2.38. The molecule has 6 rings (SSSR count).